The van der Waals surface area contributed by atoms with Crippen molar-refractivity contribution < 1.29 is 14.3 Å². The van der Waals surface area contributed by atoms with Gasteiger partial charge in [0.15, 0.2) is 0 Å². The minimum atomic E-state index is -0.827. The molecule has 1 fully saturated rings. The third-order valence-electron chi connectivity index (χ3n) is 3.69. The van der Waals surface area contributed by atoms with E-state index in [1.165, 1.54) is 12.1 Å². The molecule has 0 spiro atoms. The van der Waals surface area contributed by atoms with Crippen LogP contribution in [0.5, 0.6) is 0 Å². The first-order valence-corrected chi connectivity index (χ1v) is 7.46. The first-order valence-electron chi connectivity index (χ1n) is 6.66. The molecule has 20 heavy (non-hydrogen) atoms. The van der Waals surface area contributed by atoms with Crippen molar-refractivity contribution in [3.05, 3.63) is 28.0 Å². The Morgan fingerprint density at radius 2 is 2.05 bits per heavy atom. The predicted molar refractivity (Wildman–Crippen MR) is 78.9 cm³/mol. The van der Waals surface area contributed by atoms with E-state index < -0.39 is 11.4 Å². The number of nitrogens with two attached hydrogens (primary N) is 1. The lowest BCUT2D eigenvalue weighted by Gasteiger charge is -2.32. The number of anilines is 1. The van der Waals surface area contributed by atoms with Gasteiger partial charge in [-0.15, -0.1) is 0 Å². The fourth-order valence-corrected chi connectivity index (χ4v) is 2.96. The Kier molecular flexibility index (Phi) is 4.65. The van der Waals surface area contributed by atoms with Crippen LogP contribution in [0.2, 0.25) is 0 Å². The maximum atomic E-state index is 13.2. The molecular weight excluding hydrogens is 327 g/mol. The predicted octanol–water partition coefficient (Wildman–Crippen LogP) is 2.60. The highest BCUT2D eigenvalue weighted by atomic mass is 79.9. The van der Waals surface area contributed by atoms with Gasteiger partial charge >= 0.3 is 0 Å². The number of halogens is 2. The van der Waals surface area contributed by atoms with Gasteiger partial charge in [0.05, 0.1) is 16.9 Å². The Morgan fingerprint density at radius 1 is 1.40 bits per heavy atom. The van der Waals surface area contributed by atoms with E-state index in [0.717, 1.165) is 19.3 Å². The van der Waals surface area contributed by atoms with Gasteiger partial charge in [0.25, 0.3) is 5.91 Å². The molecule has 4 nitrogen and oxygen atoms in total. The summed E-state index contributed by atoms with van der Waals surface area (Å²) in [5.41, 5.74) is 4.83. The lowest BCUT2D eigenvalue weighted by Crippen LogP contribution is -2.44. The second kappa shape index (κ2) is 6.10. The summed E-state index contributed by atoms with van der Waals surface area (Å²) in [5, 5.41) is 13.0. The van der Waals surface area contributed by atoms with Gasteiger partial charge in [-0.05, 0) is 40.9 Å². The number of carbonyl (C=O) groups is 1. The number of carbonyl (C=O) groups excluding carboxylic acids is 1. The van der Waals surface area contributed by atoms with Gasteiger partial charge in [0.1, 0.15) is 5.82 Å². The third kappa shape index (κ3) is 3.49. The molecule has 0 atom stereocenters. The zero-order valence-corrected chi connectivity index (χ0v) is 12.7. The summed E-state index contributed by atoms with van der Waals surface area (Å²) in [7, 11) is 0. The Balaban J connectivity index is 2.03. The highest BCUT2D eigenvalue weighted by Crippen LogP contribution is 2.28. The maximum absolute atomic E-state index is 13.2. The second-order valence-corrected chi connectivity index (χ2v) is 6.18. The van der Waals surface area contributed by atoms with Crippen LogP contribution in [0.1, 0.15) is 42.5 Å². The Bertz CT molecular complexity index is 516. The molecule has 1 saturated carbocycles. The average molecular weight is 345 g/mol. The van der Waals surface area contributed by atoms with Crippen molar-refractivity contribution in [1.82, 2.24) is 5.32 Å². The van der Waals surface area contributed by atoms with Crippen molar-refractivity contribution in [2.24, 2.45) is 0 Å². The molecule has 0 unspecified atom stereocenters. The zero-order valence-electron chi connectivity index (χ0n) is 11.1. The summed E-state index contributed by atoms with van der Waals surface area (Å²) in [6.45, 7) is 0.204. The smallest absolute Gasteiger partial charge is 0.252 e. The van der Waals surface area contributed by atoms with Crippen LogP contribution < -0.4 is 11.1 Å². The molecule has 1 aromatic carbocycles. The lowest BCUT2D eigenvalue weighted by atomic mass is 9.85. The lowest BCUT2D eigenvalue weighted by molar-refractivity contribution is 0.00525. The number of nitrogens with one attached hydrogen (secondary N) is 1. The molecule has 4 N–H and O–H groups in total. The molecule has 0 aromatic heterocycles. The molecular formula is C14H18BrFN2O2. The Labute approximate surface area is 125 Å². The van der Waals surface area contributed by atoms with Gasteiger partial charge in [-0.1, -0.05) is 19.3 Å². The van der Waals surface area contributed by atoms with Crippen LogP contribution in [0.25, 0.3) is 0 Å². The molecule has 1 aliphatic carbocycles. The van der Waals surface area contributed by atoms with E-state index in [4.69, 9.17) is 5.73 Å². The fraction of sp³-hybridized carbons (Fsp3) is 0.500. The van der Waals surface area contributed by atoms with Crippen LogP contribution in [0.4, 0.5) is 10.1 Å². The van der Waals surface area contributed by atoms with Crippen molar-refractivity contribution in [3.8, 4) is 0 Å². The van der Waals surface area contributed by atoms with E-state index in [-0.39, 0.29) is 23.7 Å². The molecule has 0 aliphatic heterocycles. The monoisotopic (exact) mass is 344 g/mol. The van der Waals surface area contributed by atoms with Crippen LogP contribution >= 0.6 is 15.9 Å². The number of rotatable bonds is 3. The van der Waals surface area contributed by atoms with E-state index in [1.54, 1.807) is 0 Å². The number of benzene rings is 1. The molecule has 1 aliphatic rings. The van der Waals surface area contributed by atoms with Gasteiger partial charge in [-0.2, -0.15) is 0 Å². The van der Waals surface area contributed by atoms with E-state index in [1.807, 2.05) is 0 Å². The van der Waals surface area contributed by atoms with Crippen LogP contribution in [0.15, 0.2) is 16.6 Å². The summed E-state index contributed by atoms with van der Waals surface area (Å²) >= 11 is 3.14. The third-order valence-corrected chi connectivity index (χ3v) is 4.35. The number of amides is 1. The molecule has 0 saturated heterocycles. The van der Waals surface area contributed by atoms with E-state index in [9.17, 15) is 14.3 Å². The van der Waals surface area contributed by atoms with Crippen molar-refractivity contribution in [3.63, 3.8) is 0 Å². The Morgan fingerprint density at radius 3 is 2.70 bits per heavy atom. The van der Waals surface area contributed by atoms with Gasteiger partial charge in [-0.3, -0.25) is 4.79 Å². The number of hydrogen-bond donors (Lipinski definition) is 3. The largest absolute Gasteiger partial charge is 0.396 e. The maximum Gasteiger partial charge on any atom is 0.252 e. The minimum absolute atomic E-state index is 0.0743. The quantitative estimate of drug-likeness (QED) is 0.737. The normalized spacial score (nSPS) is 17.8. The summed E-state index contributed by atoms with van der Waals surface area (Å²) in [5.74, 6) is -0.943. The van der Waals surface area contributed by atoms with Crippen molar-refractivity contribution in [1.29, 1.82) is 0 Å². The molecule has 6 heteroatoms. The first kappa shape index (κ1) is 15.3. The van der Waals surface area contributed by atoms with Crippen LogP contribution in [0.3, 0.4) is 0 Å². The summed E-state index contributed by atoms with van der Waals surface area (Å²) in [6, 6.07) is 2.46. The standard InChI is InChI=1S/C14H18BrFN2O2/c15-10-7-11(16)12(17)6-9(10)13(19)18-8-14(20)4-2-1-3-5-14/h6-7,20H,1-5,8,17H2,(H,18,19). The first-order chi connectivity index (χ1) is 9.41. The van der Waals surface area contributed by atoms with E-state index >= 15 is 0 Å². The van der Waals surface area contributed by atoms with Gasteiger partial charge in [-0.25, -0.2) is 4.39 Å². The minimum Gasteiger partial charge on any atom is -0.396 e. The van der Waals surface area contributed by atoms with Crippen LogP contribution in [-0.2, 0) is 0 Å². The van der Waals surface area contributed by atoms with E-state index in [2.05, 4.69) is 21.2 Å². The summed E-state index contributed by atoms with van der Waals surface area (Å²) in [4.78, 5) is 12.1. The average Bonchev–Trinajstić information content (AvgIpc) is 2.41. The molecule has 0 heterocycles. The molecule has 0 radical (unpaired) electrons. The topological polar surface area (TPSA) is 75.4 Å². The second-order valence-electron chi connectivity index (χ2n) is 5.32. The van der Waals surface area contributed by atoms with Gasteiger partial charge in [0, 0.05) is 11.0 Å². The highest BCUT2D eigenvalue weighted by molar-refractivity contribution is 9.10. The number of hydrogen-bond acceptors (Lipinski definition) is 3. The molecule has 1 aromatic rings. The zero-order chi connectivity index (χ0) is 14.8. The van der Waals surface area contributed by atoms with Gasteiger partial charge < -0.3 is 16.2 Å². The molecule has 1 amide bonds. The molecule has 2 rings (SSSR count). The van der Waals surface area contributed by atoms with Crippen LogP contribution in [-0.4, -0.2) is 23.2 Å². The van der Waals surface area contributed by atoms with Crippen LogP contribution in [0, 0.1) is 5.82 Å². The molecule has 110 valence electrons. The van der Waals surface area contributed by atoms with Crippen molar-refractivity contribution in [2.45, 2.75) is 37.7 Å². The fourth-order valence-electron chi connectivity index (χ4n) is 2.47. The van der Waals surface area contributed by atoms with Gasteiger partial charge in [0.2, 0.25) is 0 Å². The number of nitrogen functional groups attached to an aromatic ring is 1. The molecule has 0 bridgehead atoms. The van der Waals surface area contributed by atoms with Crippen molar-refractivity contribution >= 4 is 27.5 Å². The SMILES string of the molecule is Nc1cc(C(=O)NCC2(O)CCCCC2)c(Br)cc1F. The highest BCUT2D eigenvalue weighted by Gasteiger charge is 2.29. The van der Waals surface area contributed by atoms with Crippen molar-refractivity contribution in [2.75, 3.05) is 12.3 Å². The number of aliphatic hydroxyl groups is 1. The Hall–Kier alpha value is -1.14. The van der Waals surface area contributed by atoms with E-state index in [0.29, 0.717) is 17.3 Å². The summed E-state index contributed by atoms with van der Waals surface area (Å²) < 4.78 is 13.6. The summed E-state index contributed by atoms with van der Waals surface area (Å²) in [6.07, 6.45) is 4.45.